The van der Waals surface area contributed by atoms with Crippen LogP contribution in [0.25, 0.3) is 11.2 Å². The van der Waals surface area contributed by atoms with E-state index in [0.717, 1.165) is 42.7 Å². The van der Waals surface area contributed by atoms with Gasteiger partial charge in [0.05, 0.1) is 6.33 Å². The molecule has 1 saturated heterocycles. The molecule has 4 N–H and O–H groups in total. The van der Waals surface area contributed by atoms with Crippen LogP contribution in [0.5, 0.6) is 0 Å². The van der Waals surface area contributed by atoms with Crippen molar-refractivity contribution in [2.45, 2.75) is 59.2 Å². The van der Waals surface area contributed by atoms with E-state index in [4.69, 9.17) is 20.4 Å². The molecule has 4 rings (SSSR count). The first kappa shape index (κ1) is 20.4. The molecule has 0 spiro atoms. The third-order valence-electron chi connectivity index (χ3n) is 5.68. The van der Waals surface area contributed by atoms with Crippen molar-refractivity contribution in [2.75, 3.05) is 23.0 Å². The fraction of sp³-hybridized carbons (Fsp3) is 0.500. The first-order chi connectivity index (χ1) is 14.3. The molecule has 1 aliphatic rings. The van der Waals surface area contributed by atoms with Crippen molar-refractivity contribution >= 4 is 34.3 Å². The van der Waals surface area contributed by atoms with Gasteiger partial charge in [0.1, 0.15) is 6.23 Å². The highest BCUT2D eigenvalue weighted by Gasteiger charge is 2.25. The van der Waals surface area contributed by atoms with E-state index in [-0.39, 0.29) is 17.7 Å². The highest BCUT2D eigenvalue weighted by atomic mass is 16.5. The van der Waals surface area contributed by atoms with E-state index in [0.29, 0.717) is 17.5 Å². The Labute approximate surface area is 177 Å². The Balaban J connectivity index is 1.76. The predicted octanol–water partition coefficient (Wildman–Crippen LogP) is 4.70. The van der Waals surface area contributed by atoms with Gasteiger partial charge in [0.15, 0.2) is 17.0 Å². The number of nitrogens with zero attached hydrogens (tertiary/aromatic N) is 4. The maximum atomic E-state index is 5.98. The van der Waals surface area contributed by atoms with E-state index in [1.54, 1.807) is 0 Å². The normalized spacial score (nSPS) is 18.3. The van der Waals surface area contributed by atoms with Crippen LogP contribution in [0.3, 0.4) is 0 Å². The van der Waals surface area contributed by atoms with Gasteiger partial charge < -0.3 is 21.1 Å². The first-order valence-corrected chi connectivity index (χ1v) is 10.6. The van der Waals surface area contributed by atoms with Crippen LogP contribution < -0.4 is 16.4 Å². The third-order valence-corrected chi connectivity index (χ3v) is 5.68. The Hall–Kier alpha value is -2.87. The van der Waals surface area contributed by atoms with Crippen LogP contribution in [0.15, 0.2) is 30.6 Å². The number of benzene rings is 1. The fourth-order valence-corrected chi connectivity index (χ4v) is 3.39. The van der Waals surface area contributed by atoms with Gasteiger partial charge in [-0.15, -0.1) is 0 Å². The molecule has 0 saturated carbocycles. The summed E-state index contributed by atoms with van der Waals surface area (Å²) in [6.45, 7) is 9.51. The lowest BCUT2D eigenvalue weighted by molar-refractivity contribution is -0.0298. The van der Waals surface area contributed by atoms with Crippen molar-refractivity contribution in [1.29, 1.82) is 0 Å². The van der Waals surface area contributed by atoms with Gasteiger partial charge in [-0.05, 0) is 49.8 Å². The number of imidazole rings is 1. The summed E-state index contributed by atoms with van der Waals surface area (Å²) in [6, 6.07) is 7.74. The van der Waals surface area contributed by atoms with Crippen LogP contribution in [0.1, 0.15) is 53.2 Å². The zero-order valence-corrected chi connectivity index (χ0v) is 18.1. The van der Waals surface area contributed by atoms with Gasteiger partial charge in [-0.3, -0.25) is 4.57 Å². The molecule has 3 heterocycles. The van der Waals surface area contributed by atoms with Crippen molar-refractivity contribution in [3.8, 4) is 0 Å². The average molecular weight is 410 g/mol. The third kappa shape index (κ3) is 4.33. The van der Waals surface area contributed by atoms with Crippen molar-refractivity contribution in [2.24, 2.45) is 5.41 Å². The topological polar surface area (TPSA) is 103 Å². The molecule has 2 atom stereocenters. The Morgan fingerprint density at radius 2 is 2.07 bits per heavy atom. The van der Waals surface area contributed by atoms with Crippen molar-refractivity contribution in [3.05, 3.63) is 30.6 Å². The highest BCUT2D eigenvalue weighted by Crippen LogP contribution is 2.31. The van der Waals surface area contributed by atoms with Gasteiger partial charge in [0, 0.05) is 24.0 Å². The number of fused-ring (bicyclic) bond motifs is 1. The number of aromatic nitrogens is 4. The van der Waals surface area contributed by atoms with Crippen LogP contribution in [0, 0.1) is 5.41 Å². The molecule has 0 radical (unpaired) electrons. The molecule has 0 aliphatic carbocycles. The molecule has 30 heavy (non-hydrogen) atoms. The maximum Gasteiger partial charge on any atom is 0.231 e. The van der Waals surface area contributed by atoms with Gasteiger partial charge in [-0.2, -0.15) is 9.97 Å². The van der Waals surface area contributed by atoms with Crippen LogP contribution in [-0.2, 0) is 4.74 Å². The molecular weight excluding hydrogens is 378 g/mol. The van der Waals surface area contributed by atoms with Crippen molar-refractivity contribution < 1.29 is 4.74 Å². The minimum atomic E-state index is -0.0493. The Bertz CT molecular complexity index is 1020. The monoisotopic (exact) mass is 409 g/mol. The zero-order valence-electron chi connectivity index (χ0n) is 18.1. The van der Waals surface area contributed by atoms with Gasteiger partial charge in [0.2, 0.25) is 5.95 Å². The summed E-state index contributed by atoms with van der Waals surface area (Å²) >= 11 is 0. The average Bonchev–Trinajstić information content (AvgIpc) is 3.12. The quantitative estimate of drug-likeness (QED) is 0.525. The van der Waals surface area contributed by atoms with Crippen LogP contribution in [0.2, 0.25) is 0 Å². The summed E-state index contributed by atoms with van der Waals surface area (Å²) < 4.78 is 8.01. The van der Waals surface area contributed by atoms with Gasteiger partial charge in [-0.25, -0.2) is 4.98 Å². The Kier molecular flexibility index (Phi) is 5.51. The Morgan fingerprint density at radius 1 is 1.23 bits per heavy atom. The lowest BCUT2D eigenvalue weighted by atomic mass is 9.88. The minimum Gasteiger partial charge on any atom is -0.399 e. The van der Waals surface area contributed by atoms with Crippen LogP contribution in [0.4, 0.5) is 23.1 Å². The summed E-state index contributed by atoms with van der Waals surface area (Å²) in [6.07, 6.45) is 4.94. The van der Waals surface area contributed by atoms with E-state index in [9.17, 15) is 0 Å². The van der Waals surface area contributed by atoms with E-state index < -0.39 is 0 Å². The summed E-state index contributed by atoms with van der Waals surface area (Å²) in [5.41, 5.74) is 9.02. The molecule has 1 aromatic carbocycles. The molecule has 0 amide bonds. The SMILES string of the molecule is C[C@@H](Nc1nc(Nc2cccc(N)c2)nc2c1ncn2C1CCCCO1)C(C)(C)C. The second-order valence-corrected chi connectivity index (χ2v) is 9.02. The van der Waals surface area contributed by atoms with E-state index in [2.05, 4.69) is 43.3 Å². The number of nitrogen functional groups attached to an aromatic ring is 1. The van der Waals surface area contributed by atoms with E-state index in [1.165, 1.54) is 0 Å². The molecule has 2 aromatic heterocycles. The molecular formula is C22H31N7O. The second kappa shape index (κ2) is 8.10. The van der Waals surface area contributed by atoms with Gasteiger partial charge >= 0.3 is 0 Å². The molecule has 8 heteroatoms. The highest BCUT2D eigenvalue weighted by molar-refractivity contribution is 5.85. The standard InChI is InChI=1S/C22H31N7O/c1-14(22(2,3)4)25-19-18-20(29(13-24-18)17-10-5-6-11-30-17)28-21(27-19)26-16-9-7-8-15(23)12-16/h7-9,12-14,17H,5-6,10-11,23H2,1-4H3,(H2,25,26,27,28)/t14-,17?/m1/s1. The van der Waals surface area contributed by atoms with Crippen LogP contribution in [-0.4, -0.2) is 32.2 Å². The first-order valence-electron chi connectivity index (χ1n) is 10.6. The number of hydrogen-bond acceptors (Lipinski definition) is 7. The second-order valence-electron chi connectivity index (χ2n) is 9.02. The zero-order chi connectivity index (χ0) is 21.3. The van der Waals surface area contributed by atoms with Crippen molar-refractivity contribution in [3.63, 3.8) is 0 Å². The summed E-state index contributed by atoms with van der Waals surface area (Å²) in [5, 5.41) is 6.83. The summed E-state index contributed by atoms with van der Waals surface area (Å²) in [7, 11) is 0. The molecule has 1 fully saturated rings. The van der Waals surface area contributed by atoms with Gasteiger partial charge in [-0.1, -0.05) is 26.8 Å². The number of ether oxygens (including phenoxy) is 1. The number of hydrogen-bond donors (Lipinski definition) is 3. The molecule has 0 bridgehead atoms. The minimum absolute atomic E-state index is 0.0493. The summed E-state index contributed by atoms with van der Waals surface area (Å²) in [5.74, 6) is 1.21. The molecule has 160 valence electrons. The number of nitrogens with one attached hydrogen (secondary N) is 2. The van der Waals surface area contributed by atoms with E-state index in [1.807, 2.05) is 35.2 Å². The largest absolute Gasteiger partial charge is 0.399 e. The Morgan fingerprint density at radius 3 is 2.77 bits per heavy atom. The smallest absolute Gasteiger partial charge is 0.231 e. The molecule has 1 aliphatic heterocycles. The molecule has 3 aromatic rings. The molecule has 1 unspecified atom stereocenters. The van der Waals surface area contributed by atoms with Crippen molar-refractivity contribution in [1.82, 2.24) is 19.5 Å². The van der Waals surface area contributed by atoms with Gasteiger partial charge in [0.25, 0.3) is 0 Å². The lowest BCUT2D eigenvalue weighted by Crippen LogP contribution is -2.31. The lowest BCUT2D eigenvalue weighted by Gasteiger charge is -2.28. The number of nitrogens with two attached hydrogens (primary N) is 1. The maximum absolute atomic E-state index is 5.98. The predicted molar refractivity (Wildman–Crippen MR) is 121 cm³/mol. The fourth-order valence-electron chi connectivity index (χ4n) is 3.39. The summed E-state index contributed by atoms with van der Waals surface area (Å²) in [4.78, 5) is 14.2. The van der Waals surface area contributed by atoms with E-state index >= 15 is 0 Å². The number of anilines is 4. The molecule has 8 nitrogen and oxygen atoms in total. The van der Waals surface area contributed by atoms with Crippen LogP contribution >= 0.6 is 0 Å². The number of rotatable bonds is 5.